The Morgan fingerprint density at radius 1 is 1.09 bits per heavy atom. The summed E-state index contributed by atoms with van der Waals surface area (Å²) in [6, 6.07) is 7.84. The Morgan fingerprint density at radius 3 is 2.48 bits per heavy atom. The van der Waals surface area contributed by atoms with Gasteiger partial charge in [0.1, 0.15) is 11.4 Å². The highest BCUT2D eigenvalue weighted by atomic mass is 16.6. The molecule has 11 heteroatoms. The van der Waals surface area contributed by atoms with E-state index in [4.69, 9.17) is 9.47 Å². The molecule has 1 N–H and O–H groups in total. The third-order valence-corrected chi connectivity index (χ3v) is 4.95. The van der Waals surface area contributed by atoms with Crippen LogP contribution in [-0.2, 0) is 9.53 Å². The van der Waals surface area contributed by atoms with Crippen molar-refractivity contribution < 1.29 is 33.6 Å². The summed E-state index contributed by atoms with van der Waals surface area (Å²) < 4.78 is 9.90. The number of hydrogen-bond donors (Lipinski definition) is 1. The van der Waals surface area contributed by atoms with E-state index >= 15 is 0 Å². The number of carbonyl (C=O) groups excluding carboxylic acids is 4. The lowest BCUT2D eigenvalue weighted by Crippen LogP contribution is -2.30. The number of unbranched alkanes of at least 4 members (excludes halogenated alkanes) is 1. The van der Waals surface area contributed by atoms with Gasteiger partial charge < -0.3 is 14.8 Å². The Hall–Kier alpha value is -4.28. The van der Waals surface area contributed by atoms with E-state index in [0.29, 0.717) is 13.0 Å². The van der Waals surface area contributed by atoms with Crippen LogP contribution in [0.3, 0.4) is 0 Å². The third kappa shape index (κ3) is 4.97. The van der Waals surface area contributed by atoms with Gasteiger partial charge in [0.2, 0.25) is 0 Å². The quantitative estimate of drug-likeness (QED) is 0.263. The number of carbonyl (C=O) groups is 4. The van der Waals surface area contributed by atoms with Crippen molar-refractivity contribution in [1.82, 2.24) is 4.90 Å². The van der Waals surface area contributed by atoms with Gasteiger partial charge in [-0.2, -0.15) is 0 Å². The summed E-state index contributed by atoms with van der Waals surface area (Å²) in [5.74, 6) is -2.34. The van der Waals surface area contributed by atoms with Crippen molar-refractivity contribution in [1.29, 1.82) is 0 Å². The second kappa shape index (κ2) is 9.90. The summed E-state index contributed by atoms with van der Waals surface area (Å²) >= 11 is 0. The molecule has 0 spiro atoms. The second-order valence-corrected chi connectivity index (χ2v) is 7.14. The summed E-state index contributed by atoms with van der Waals surface area (Å²) in [6.07, 6.45) is 1.48. The van der Waals surface area contributed by atoms with Crippen LogP contribution in [0.25, 0.3) is 0 Å². The minimum Gasteiger partial charge on any atom is -0.496 e. The predicted octanol–water partition coefficient (Wildman–Crippen LogP) is 2.80. The topological polar surface area (TPSA) is 145 Å². The zero-order valence-electron chi connectivity index (χ0n) is 18.0. The summed E-state index contributed by atoms with van der Waals surface area (Å²) in [5, 5.41) is 13.5. The number of rotatable bonds is 9. The molecule has 1 heterocycles. The first-order valence-electron chi connectivity index (χ1n) is 10.1. The van der Waals surface area contributed by atoms with Gasteiger partial charge in [0.05, 0.1) is 34.8 Å². The van der Waals surface area contributed by atoms with Crippen LogP contribution in [0.1, 0.15) is 50.8 Å². The smallest absolute Gasteiger partial charge is 0.338 e. The van der Waals surface area contributed by atoms with Gasteiger partial charge >= 0.3 is 5.97 Å². The number of amides is 3. The molecular weight excluding hydrogens is 434 g/mol. The molecule has 11 nitrogen and oxygen atoms in total. The highest BCUT2D eigenvalue weighted by molar-refractivity contribution is 6.22. The van der Waals surface area contributed by atoms with Crippen LogP contribution in [-0.4, -0.2) is 53.8 Å². The van der Waals surface area contributed by atoms with Crippen molar-refractivity contribution in [2.75, 3.05) is 25.6 Å². The molecule has 1 aliphatic rings. The van der Waals surface area contributed by atoms with Crippen molar-refractivity contribution in [2.24, 2.45) is 0 Å². The maximum Gasteiger partial charge on any atom is 0.338 e. The molecule has 33 heavy (non-hydrogen) atoms. The van der Waals surface area contributed by atoms with Gasteiger partial charge in [0.25, 0.3) is 23.4 Å². The SMILES string of the molecule is CCCCN1C(=O)c2ccc(C(=O)OCC(=O)Nc3ccc(OC)cc3[N+](=O)[O-])cc2C1=O. The van der Waals surface area contributed by atoms with E-state index in [1.54, 1.807) is 0 Å². The number of ether oxygens (including phenoxy) is 2. The number of hydrogen-bond acceptors (Lipinski definition) is 8. The van der Waals surface area contributed by atoms with Crippen molar-refractivity contribution in [3.8, 4) is 5.75 Å². The lowest BCUT2D eigenvalue weighted by Gasteiger charge is -2.12. The van der Waals surface area contributed by atoms with Gasteiger partial charge in [-0.25, -0.2) is 4.79 Å². The molecule has 2 aromatic rings. The number of nitro groups is 1. The van der Waals surface area contributed by atoms with Crippen LogP contribution in [0.15, 0.2) is 36.4 Å². The number of benzene rings is 2. The highest BCUT2D eigenvalue weighted by Gasteiger charge is 2.35. The lowest BCUT2D eigenvalue weighted by atomic mass is 10.1. The average molecular weight is 455 g/mol. The van der Waals surface area contributed by atoms with E-state index in [1.807, 2.05) is 6.92 Å². The minimum atomic E-state index is -0.885. The summed E-state index contributed by atoms with van der Waals surface area (Å²) in [5.41, 5.74) is -0.171. The first kappa shape index (κ1) is 23.4. The molecule has 0 bridgehead atoms. The summed E-state index contributed by atoms with van der Waals surface area (Å²) in [4.78, 5) is 61.1. The Morgan fingerprint density at radius 2 is 1.82 bits per heavy atom. The van der Waals surface area contributed by atoms with E-state index < -0.39 is 35.2 Å². The van der Waals surface area contributed by atoms with Gasteiger partial charge in [0.15, 0.2) is 6.61 Å². The monoisotopic (exact) mass is 455 g/mol. The average Bonchev–Trinajstić information content (AvgIpc) is 3.05. The fourth-order valence-corrected chi connectivity index (χ4v) is 3.23. The van der Waals surface area contributed by atoms with Crippen molar-refractivity contribution in [2.45, 2.75) is 19.8 Å². The van der Waals surface area contributed by atoms with Crippen LogP contribution in [0, 0.1) is 10.1 Å². The molecule has 0 fully saturated rings. The fourth-order valence-electron chi connectivity index (χ4n) is 3.23. The largest absolute Gasteiger partial charge is 0.496 e. The molecule has 172 valence electrons. The maximum absolute atomic E-state index is 12.5. The number of nitro benzene ring substituents is 1. The first-order chi connectivity index (χ1) is 15.8. The number of nitrogens with zero attached hydrogens (tertiary/aromatic N) is 2. The van der Waals surface area contributed by atoms with Crippen LogP contribution >= 0.6 is 0 Å². The standard InChI is InChI=1S/C22H21N3O8/c1-3-4-9-24-20(27)15-7-5-13(10-16(15)21(24)28)22(29)33-12-19(26)23-17-8-6-14(32-2)11-18(17)25(30)31/h5-8,10-11H,3-4,9,12H2,1-2H3,(H,23,26). The third-order valence-electron chi connectivity index (χ3n) is 4.95. The molecule has 0 aliphatic carbocycles. The lowest BCUT2D eigenvalue weighted by molar-refractivity contribution is -0.384. The normalized spacial score (nSPS) is 12.4. The van der Waals surface area contributed by atoms with Crippen LogP contribution in [0.4, 0.5) is 11.4 Å². The molecule has 0 aromatic heterocycles. The van der Waals surface area contributed by atoms with Crippen LogP contribution in [0.5, 0.6) is 5.75 Å². The van der Waals surface area contributed by atoms with Crippen molar-refractivity contribution in [3.05, 3.63) is 63.2 Å². The molecule has 0 unspecified atom stereocenters. The minimum absolute atomic E-state index is 0.00419. The van der Waals surface area contributed by atoms with Gasteiger partial charge in [-0.05, 0) is 36.8 Å². The molecule has 2 aromatic carbocycles. The molecule has 1 aliphatic heterocycles. The molecular formula is C22H21N3O8. The Kier molecular flexibility index (Phi) is 7.01. The van der Waals surface area contributed by atoms with Crippen molar-refractivity contribution in [3.63, 3.8) is 0 Å². The Bertz CT molecular complexity index is 1140. The number of anilines is 1. The number of imide groups is 1. The molecule has 0 atom stereocenters. The summed E-state index contributed by atoms with van der Waals surface area (Å²) in [6.45, 7) is 1.52. The van der Waals surface area contributed by atoms with Gasteiger partial charge in [-0.3, -0.25) is 29.4 Å². The number of methoxy groups -OCH3 is 1. The first-order valence-corrected chi connectivity index (χ1v) is 10.1. The van der Waals surface area contributed by atoms with E-state index in [2.05, 4.69) is 5.32 Å². The molecule has 0 saturated carbocycles. The number of nitrogens with one attached hydrogen (secondary N) is 1. The molecule has 3 rings (SSSR count). The van der Waals surface area contributed by atoms with E-state index in [1.165, 1.54) is 37.4 Å². The zero-order chi connectivity index (χ0) is 24.1. The van der Waals surface area contributed by atoms with E-state index in [9.17, 15) is 29.3 Å². The zero-order valence-corrected chi connectivity index (χ0v) is 18.0. The number of esters is 1. The molecule has 0 radical (unpaired) electrons. The van der Waals surface area contributed by atoms with Crippen molar-refractivity contribution >= 4 is 35.1 Å². The molecule has 3 amide bonds. The van der Waals surface area contributed by atoms with Gasteiger partial charge in [-0.15, -0.1) is 0 Å². The fraction of sp³-hybridized carbons (Fsp3) is 0.273. The summed E-state index contributed by atoms with van der Waals surface area (Å²) in [7, 11) is 1.35. The van der Waals surface area contributed by atoms with E-state index in [-0.39, 0.29) is 33.8 Å². The Balaban J connectivity index is 1.65. The second-order valence-electron chi connectivity index (χ2n) is 7.14. The maximum atomic E-state index is 12.5. The van der Waals surface area contributed by atoms with E-state index in [0.717, 1.165) is 17.4 Å². The molecule has 0 saturated heterocycles. The van der Waals surface area contributed by atoms with Crippen LogP contribution < -0.4 is 10.1 Å². The van der Waals surface area contributed by atoms with Crippen LogP contribution in [0.2, 0.25) is 0 Å². The van der Waals surface area contributed by atoms with Gasteiger partial charge in [-0.1, -0.05) is 13.3 Å². The Labute approximate surface area is 188 Å². The van der Waals surface area contributed by atoms with Gasteiger partial charge in [0, 0.05) is 6.54 Å². The highest BCUT2D eigenvalue weighted by Crippen LogP contribution is 2.29. The number of fused-ring (bicyclic) bond motifs is 1. The predicted molar refractivity (Wildman–Crippen MR) is 115 cm³/mol.